The van der Waals surface area contributed by atoms with Crippen LogP contribution < -0.4 is 15.0 Å². The highest BCUT2D eigenvalue weighted by atomic mass is 16.5. The summed E-state index contributed by atoms with van der Waals surface area (Å²) in [5.74, 6) is 0.829. The molecule has 0 spiro atoms. The maximum atomic E-state index is 8.72. The summed E-state index contributed by atoms with van der Waals surface area (Å²) in [5.41, 5.74) is 2.50. The topological polar surface area (TPSA) is 44.7 Å². The fourth-order valence-corrected chi connectivity index (χ4v) is 2.14. The summed E-state index contributed by atoms with van der Waals surface area (Å²) < 4.78 is 5.40. The molecule has 2 N–H and O–H groups in total. The van der Waals surface area contributed by atoms with Gasteiger partial charge in [-0.25, -0.2) is 0 Å². The lowest BCUT2D eigenvalue weighted by Crippen LogP contribution is -2.43. The third-order valence-corrected chi connectivity index (χ3v) is 2.99. The SMILES string of the molecule is Cc1cc(OCCO)ccc1N1CCNCC1. The molecule has 17 heavy (non-hydrogen) atoms. The minimum Gasteiger partial charge on any atom is -0.491 e. The third-order valence-electron chi connectivity index (χ3n) is 2.99. The van der Waals surface area contributed by atoms with Crippen molar-refractivity contribution < 1.29 is 9.84 Å². The van der Waals surface area contributed by atoms with Crippen LogP contribution in [-0.4, -0.2) is 44.5 Å². The number of rotatable bonds is 4. The van der Waals surface area contributed by atoms with Crippen LogP contribution in [0.5, 0.6) is 5.75 Å². The van der Waals surface area contributed by atoms with Crippen LogP contribution >= 0.6 is 0 Å². The number of anilines is 1. The number of nitrogens with one attached hydrogen (secondary N) is 1. The molecule has 1 aliphatic heterocycles. The number of benzene rings is 1. The van der Waals surface area contributed by atoms with Crippen LogP contribution in [0.4, 0.5) is 5.69 Å². The number of aliphatic hydroxyl groups excluding tert-OH is 1. The summed E-state index contributed by atoms with van der Waals surface area (Å²) in [6.45, 7) is 6.70. The summed E-state index contributed by atoms with van der Waals surface area (Å²) in [5, 5.41) is 12.1. The Balaban J connectivity index is 2.07. The number of aliphatic hydroxyl groups is 1. The van der Waals surface area contributed by atoms with Crippen LogP contribution in [0.15, 0.2) is 18.2 Å². The van der Waals surface area contributed by atoms with E-state index in [0.717, 1.165) is 31.9 Å². The zero-order chi connectivity index (χ0) is 12.1. The van der Waals surface area contributed by atoms with E-state index in [1.807, 2.05) is 12.1 Å². The van der Waals surface area contributed by atoms with Crippen LogP contribution in [0, 0.1) is 6.92 Å². The van der Waals surface area contributed by atoms with Crippen molar-refractivity contribution in [2.75, 3.05) is 44.3 Å². The van der Waals surface area contributed by atoms with Gasteiger partial charge in [-0.05, 0) is 30.7 Å². The number of piperazine rings is 1. The highest BCUT2D eigenvalue weighted by Gasteiger charge is 2.12. The molecule has 0 unspecified atom stereocenters. The highest BCUT2D eigenvalue weighted by Crippen LogP contribution is 2.25. The first-order valence-corrected chi connectivity index (χ1v) is 6.11. The van der Waals surface area contributed by atoms with Crippen molar-refractivity contribution in [3.05, 3.63) is 23.8 Å². The Kier molecular flexibility index (Phi) is 4.23. The standard InChI is InChI=1S/C13H20N2O2/c1-11-10-12(17-9-8-16)2-3-13(11)15-6-4-14-5-7-15/h2-3,10,14,16H,4-9H2,1H3. The minimum atomic E-state index is 0.0542. The summed E-state index contributed by atoms with van der Waals surface area (Å²) in [6.07, 6.45) is 0. The van der Waals surface area contributed by atoms with Crippen LogP contribution in [0.3, 0.4) is 0 Å². The molecule has 1 heterocycles. The van der Waals surface area contributed by atoms with Crippen LogP contribution in [0.25, 0.3) is 0 Å². The summed E-state index contributed by atoms with van der Waals surface area (Å²) in [4.78, 5) is 2.39. The Morgan fingerprint density at radius 3 is 2.76 bits per heavy atom. The zero-order valence-corrected chi connectivity index (χ0v) is 10.3. The molecule has 4 heteroatoms. The normalized spacial score (nSPS) is 16.0. The Morgan fingerprint density at radius 1 is 1.35 bits per heavy atom. The molecule has 1 aliphatic rings. The molecule has 0 radical (unpaired) electrons. The average molecular weight is 236 g/mol. The Morgan fingerprint density at radius 2 is 2.12 bits per heavy atom. The van der Waals surface area contributed by atoms with Gasteiger partial charge in [0.2, 0.25) is 0 Å². The van der Waals surface area contributed by atoms with Gasteiger partial charge in [0, 0.05) is 31.9 Å². The molecule has 0 amide bonds. The van der Waals surface area contributed by atoms with Gasteiger partial charge in [-0.3, -0.25) is 0 Å². The van der Waals surface area contributed by atoms with Gasteiger partial charge in [0.15, 0.2) is 0 Å². The van der Waals surface area contributed by atoms with Crippen LogP contribution in [0.1, 0.15) is 5.56 Å². The summed E-state index contributed by atoms with van der Waals surface area (Å²) in [6, 6.07) is 6.11. The van der Waals surface area contributed by atoms with E-state index in [1.165, 1.54) is 11.3 Å². The van der Waals surface area contributed by atoms with E-state index < -0.39 is 0 Å². The van der Waals surface area contributed by atoms with Crippen molar-refractivity contribution >= 4 is 5.69 Å². The van der Waals surface area contributed by atoms with Crippen molar-refractivity contribution in [2.45, 2.75) is 6.92 Å². The quantitative estimate of drug-likeness (QED) is 0.811. The van der Waals surface area contributed by atoms with Gasteiger partial charge in [-0.2, -0.15) is 0 Å². The van der Waals surface area contributed by atoms with E-state index >= 15 is 0 Å². The number of aryl methyl sites for hydroxylation is 1. The largest absolute Gasteiger partial charge is 0.491 e. The first-order chi connectivity index (χ1) is 8.31. The van der Waals surface area contributed by atoms with Crippen LogP contribution in [0.2, 0.25) is 0 Å². The van der Waals surface area contributed by atoms with Crippen molar-refractivity contribution in [2.24, 2.45) is 0 Å². The van der Waals surface area contributed by atoms with Crippen LogP contribution in [-0.2, 0) is 0 Å². The second-order valence-corrected chi connectivity index (χ2v) is 4.26. The number of hydrogen-bond acceptors (Lipinski definition) is 4. The van der Waals surface area contributed by atoms with E-state index in [2.05, 4.69) is 23.2 Å². The second-order valence-electron chi connectivity index (χ2n) is 4.26. The molecule has 0 saturated carbocycles. The molecule has 1 aromatic rings. The number of hydrogen-bond donors (Lipinski definition) is 2. The van der Waals surface area contributed by atoms with Gasteiger partial charge in [-0.1, -0.05) is 0 Å². The maximum Gasteiger partial charge on any atom is 0.119 e. The Bertz CT molecular complexity index is 362. The van der Waals surface area contributed by atoms with E-state index in [1.54, 1.807) is 0 Å². The smallest absolute Gasteiger partial charge is 0.119 e. The lowest BCUT2D eigenvalue weighted by Gasteiger charge is -2.30. The number of ether oxygens (including phenoxy) is 1. The second kappa shape index (κ2) is 5.89. The number of nitrogens with zero attached hydrogens (tertiary/aromatic N) is 1. The van der Waals surface area contributed by atoms with Gasteiger partial charge in [0.1, 0.15) is 12.4 Å². The average Bonchev–Trinajstić information content (AvgIpc) is 2.37. The van der Waals surface area contributed by atoms with E-state index in [-0.39, 0.29) is 6.61 Å². The van der Waals surface area contributed by atoms with Gasteiger partial charge >= 0.3 is 0 Å². The molecule has 4 nitrogen and oxygen atoms in total. The fourth-order valence-electron chi connectivity index (χ4n) is 2.14. The first-order valence-electron chi connectivity index (χ1n) is 6.11. The zero-order valence-electron chi connectivity index (χ0n) is 10.3. The molecule has 0 bridgehead atoms. The molecular weight excluding hydrogens is 216 g/mol. The predicted molar refractivity (Wildman–Crippen MR) is 68.8 cm³/mol. The van der Waals surface area contributed by atoms with E-state index in [0.29, 0.717) is 6.61 Å². The van der Waals surface area contributed by atoms with Crippen molar-refractivity contribution in [1.29, 1.82) is 0 Å². The molecule has 1 fully saturated rings. The molecule has 0 aromatic heterocycles. The first kappa shape index (κ1) is 12.2. The van der Waals surface area contributed by atoms with E-state index in [9.17, 15) is 0 Å². The van der Waals surface area contributed by atoms with Crippen molar-refractivity contribution in [3.63, 3.8) is 0 Å². The molecule has 0 aliphatic carbocycles. The minimum absolute atomic E-state index is 0.0542. The summed E-state index contributed by atoms with van der Waals surface area (Å²) >= 11 is 0. The molecule has 0 atom stereocenters. The Labute approximate surface area is 102 Å². The van der Waals surface area contributed by atoms with Crippen molar-refractivity contribution in [1.82, 2.24) is 5.32 Å². The Hall–Kier alpha value is -1.26. The third kappa shape index (κ3) is 3.11. The lowest BCUT2D eigenvalue weighted by atomic mass is 10.1. The molecule has 2 rings (SSSR count). The van der Waals surface area contributed by atoms with Gasteiger partial charge < -0.3 is 20.1 Å². The predicted octanol–water partition coefficient (Wildman–Crippen LogP) is 0.776. The molecule has 94 valence electrons. The van der Waals surface area contributed by atoms with E-state index in [4.69, 9.17) is 9.84 Å². The maximum absolute atomic E-state index is 8.72. The van der Waals surface area contributed by atoms with Gasteiger partial charge in [0.25, 0.3) is 0 Å². The monoisotopic (exact) mass is 236 g/mol. The van der Waals surface area contributed by atoms with Crippen molar-refractivity contribution in [3.8, 4) is 5.75 Å². The fraction of sp³-hybridized carbons (Fsp3) is 0.538. The van der Waals surface area contributed by atoms with Gasteiger partial charge in [-0.15, -0.1) is 0 Å². The van der Waals surface area contributed by atoms with Gasteiger partial charge in [0.05, 0.1) is 6.61 Å². The molecule has 1 aromatic carbocycles. The lowest BCUT2D eigenvalue weighted by molar-refractivity contribution is 0.201. The molecule has 1 saturated heterocycles. The summed E-state index contributed by atoms with van der Waals surface area (Å²) in [7, 11) is 0. The molecular formula is C13H20N2O2. The highest BCUT2D eigenvalue weighted by molar-refractivity contribution is 5.56.